The Morgan fingerprint density at radius 1 is 1.24 bits per heavy atom. The van der Waals surface area contributed by atoms with E-state index in [4.69, 9.17) is 23.8 Å². The van der Waals surface area contributed by atoms with E-state index in [1.54, 1.807) is 11.3 Å². The van der Waals surface area contributed by atoms with E-state index in [0.29, 0.717) is 0 Å². The number of nitrogens with zero attached hydrogens (tertiary/aromatic N) is 4. The second-order valence-electron chi connectivity index (χ2n) is 5.08. The third-order valence-electron chi connectivity index (χ3n) is 3.61. The molecule has 1 fully saturated rings. The Morgan fingerprint density at radius 2 is 1.95 bits per heavy atom. The number of rotatable bonds is 3. The molecule has 3 rings (SSSR count). The molecule has 0 unspecified atom stereocenters. The van der Waals surface area contributed by atoms with Crippen molar-refractivity contribution in [1.82, 2.24) is 14.7 Å². The molecule has 1 aromatic heterocycles. The van der Waals surface area contributed by atoms with Crippen LogP contribution in [0, 0.1) is 10.9 Å². The van der Waals surface area contributed by atoms with Gasteiger partial charge in [0.05, 0.1) is 17.4 Å². The molecule has 0 spiro atoms. The van der Waals surface area contributed by atoms with Gasteiger partial charge >= 0.3 is 0 Å². The topological polar surface area (TPSA) is 24.3 Å². The van der Waals surface area contributed by atoms with Crippen LogP contribution in [0.15, 0.2) is 24.3 Å². The predicted octanol–water partition coefficient (Wildman–Crippen LogP) is 3.42. The van der Waals surface area contributed by atoms with Crippen LogP contribution in [0.1, 0.15) is 5.01 Å². The third kappa shape index (κ3) is 3.45. The zero-order chi connectivity index (χ0) is 14.8. The van der Waals surface area contributed by atoms with Crippen molar-refractivity contribution >= 4 is 40.8 Å². The molecule has 21 heavy (non-hydrogen) atoms. The SMILES string of the molecule is Cc1nn(CN2CCN(c3ccccc3Cl)CC2)c(=S)s1. The fraction of sp³-hybridized carbons (Fsp3) is 0.429. The van der Waals surface area contributed by atoms with Gasteiger partial charge in [0.2, 0.25) is 0 Å². The fourth-order valence-corrected chi connectivity index (χ4v) is 3.84. The molecule has 0 radical (unpaired) electrons. The van der Waals surface area contributed by atoms with Crippen LogP contribution < -0.4 is 4.90 Å². The van der Waals surface area contributed by atoms with Crippen LogP contribution in [0.3, 0.4) is 0 Å². The second kappa shape index (κ2) is 6.44. The molecule has 1 aromatic carbocycles. The minimum atomic E-state index is 0.777. The summed E-state index contributed by atoms with van der Waals surface area (Å²) in [6.07, 6.45) is 0. The summed E-state index contributed by atoms with van der Waals surface area (Å²) in [4.78, 5) is 4.71. The lowest BCUT2D eigenvalue weighted by atomic mass is 10.2. The van der Waals surface area contributed by atoms with E-state index in [-0.39, 0.29) is 0 Å². The number of aryl methyl sites for hydroxylation is 1. The first-order chi connectivity index (χ1) is 10.1. The Labute approximate surface area is 138 Å². The van der Waals surface area contributed by atoms with E-state index in [1.807, 2.05) is 29.8 Å². The summed E-state index contributed by atoms with van der Waals surface area (Å²) in [6.45, 7) is 6.69. The van der Waals surface area contributed by atoms with Crippen LogP contribution in [0.2, 0.25) is 5.02 Å². The minimum Gasteiger partial charge on any atom is -0.368 e. The van der Waals surface area contributed by atoms with Gasteiger partial charge in [0.1, 0.15) is 5.01 Å². The van der Waals surface area contributed by atoms with Crippen LogP contribution in [-0.2, 0) is 6.67 Å². The molecule has 0 N–H and O–H groups in total. The van der Waals surface area contributed by atoms with Gasteiger partial charge in [-0.05, 0) is 31.3 Å². The molecular weight excluding hydrogens is 324 g/mol. The molecule has 4 nitrogen and oxygen atoms in total. The highest BCUT2D eigenvalue weighted by molar-refractivity contribution is 7.73. The van der Waals surface area contributed by atoms with Crippen molar-refractivity contribution in [3.05, 3.63) is 38.3 Å². The van der Waals surface area contributed by atoms with Gasteiger partial charge in [-0.1, -0.05) is 35.1 Å². The lowest BCUT2D eigenvalue weighted by Crippen LogP contribution is -2.47. The van der Waals surface area contributed by atoms with Crippen LogP contribution in [0.25, 0.3) is 0 Å². The van der Waals surface area contributed by atoms with Gasteiger partial charge in [-0.2, -0.15) is 5.10 Å². The number of benzene rings is 1. The van der Waals surface area contributed by atoms with Crippen molar-refractivity contribution in [3.63, 3.8) is 0 Å². The maximum absolute atomic E-state index is 6.27. The van der Waals surface area contributed by atoms with E-state index in [9.17, 15) is 0 Å². The number of piperazine rings is 1. The van der Waals surface area contributed by atoms with Gasteiger partial charge in [0.15, 0.2) is 3.95 Å². The Morgan fingerprint density at radius 3 is 2.57 bits per heavy atom. The molecule has 0 amide bonds. The lowest BCUT2D eigenvalue weighted by Gasteiger charge is -2.36. The highest BCUT2D eigenvalue weighted by atomic mass is 35.5. The van der Waals surface area contributed by atoms with Crippen molar-refractivity contribution in [1.29, 1.82) is 0 Å². The molecule has 7 heteroatoms. The van der Waals surface area contributed by atoms with E-state index >= 15 is 0 Å². The number of para-hydroxylation sites is 1. The standard InChI is InChI=1S/C14H17ClN4S2/c1-11-16-19(14(20)21-11)10-17-6-8-18(9-7-17)13-5-3-2-4-12(13)15/h2-5H,6-10H2,1H3. The van der Waals surface area contributed by atoms with Crippen molar-refractivity contribution in [2.45, 2.75) is 13.6 Å². The normalized spacial score (nSPS) is 16.4. The van der Waals surface area contributed by atoms with Crippen molar-refractivity contribution in [3.8, 4) is 0 Å². The molecular formula is C14H17ClN4S2. The first-order valence-electron chi connectivity index (χ1n) is 6.90. The Kier molecular flexibility index (Phi) is 4.59. The van der Waals surface area contributed by atoms with Crippen LogP contribution in [-0.4, -0.2) is 40.9 Å². The molecule has 2 heterocycles. The monoisotopic (exact) mass is 340 g/mol. The number of hydrogen-bond donors (Lipinski definition) is 0. The van der Waals surface area contributed by atoms with Crippen molar-refractivity contribution < 1.29 is 0 Å². The minimum absolute atomic E-state index is 0.777. The fourth-order valence-electron chi connectivity index (χ4n) is 2.53. The Hall–Kier alpha value is -0.950. The smallest absolute Gasteiger partial charge is 0.180 e. The number of halogens is 1. The Bertz CT molecular complexity index is 674. The van der Waals surface area contributed by atoms with Gasteiger partial charge in [-0.25, -0.2) is 4.68 Å². The molecule has 1 aliphatic rings. The van der Waals surface area contributed by atoms with E-state index in [2.05, 4.69) is 21.0 Å². The van der Waals surface area contributed by atoms with Crippen molar-refractivity contribution in [2.75, 3.05) is 31.1 Å². The summed E-state index contributed by atoms with van der Waals surface area (Å²) in [5, 5.41) is 6.30. The van der Waals surface area contributed by atoms with E-state index in [1.165, 1.54) is 0 Å². The average Bonchev–Trinajstić information content (AvgIpc) is 2.78. The molecule has 2 aromatic rings. The predicted molar refractivity (Wildman–Crippen MR) is 90.9 cm³/mol. The Balaban J connectivity index is 1.62. The van der Waals surface area contributed by atoms with Gasteiger partial charge in [0, 0.05) is 26.2 Å². The summed E-state index contributed by atoms with van der Waals surface area (Å²) in [5.41, 5.74) is 1.12. The average molecular weight is 341 g/mol. The third-order valence-corrected chi connectivity index (χ3v) is 5.15. The number of hydrogen-bond acceptors (Lipinski definition) is 5. The van der Waals surface area contributed by atoms with Crippen LogP contribution in [0.4, 0.5) is 5.69 Å². The van der Waals surface area contributed by atoms with Gasteiger partial charge in [-0.3, -0.25) is 4.90 Å². The number of anilines is 1. The molecule has 0 aliphatic carbocycles. The highest BCUT2D eigenvalue weighted by Gasteiger charge is 2.19. The highest BCUT2D eigenvalue weighted by Crippen LogP contribution is 2.26. The summed E-state index contributed by atoms with van der Waals surface area (Å²) in [5.74, 6) is 0. The van der Waals surface area contributed by atoms with Crippen LogP contribution in [0.5, 0.6) is 0 Å². The zero-order valence-electron chi connectivity index (χ0n) is 11.8. The zero-order valence-corrected chi connectivity index (χ0v) is 14.2. The second-order valence-corrected chi connectivity index (χ2v) is 7.32. The summed E-state index contributed by atoms with van der Waals surface area (Å²) >= 11 is 13.2. The summed E-state index contributed by atoms with van der Waals surface area (Å²) in [7, 11) is 0. The largest absolute Gasteiger partial charge is 0.368 e. The maximum Gasteiger partial charge on any atom is 0.180 e. The summed E-state index contributed by atoms with van der Waals surface area (Å²) in [6, 6.07) is 8.03. The van der Waals surface area contributed by atoms with Gasteiger partial charge in [0.25, 0.3) is 0 Å². The van der Waals surface area contributed by atoms with Gasteiger partial charge in [-0.15, -0.1) is 0 Å². The first kappa shape index (κ1) is 15.0. The lowest BCUT2D eigenvalue weighted by molar-refractivity contribution is 0.195. The number of aromatic nitrogens is 2. The van der Waals surface area contributed by atoms with E-state index in [0.717, 1.165) is 52.5 Å². The van der Waals surface area contributed by atoms with Gasteiger partial charge < -0.3 is 4.90 Å². The quantitative estimate of drug-likeness (QED) is 0.799. The molecule has 0 saturated carbocycles. The molecule has 1 aliphatic heterocycles. The maximum atomic E-state index is 6.27. The summed E-state index contributed by atoms with van der Waals surface area (Å²) < 4.78 is 2.77. The molecule has 112 valence electrons. The van der Waals surface area contributed by atoms with Crippen molar-refractivity contribution in [2.24, 2.45) is 0 Å². The van der Waals surface area contributed by atoms with Crippen LogP contribution >= 0.6 is 35.2 Å². The first-order valence-corrected chi connectivity index (χ1v) is 8.50. The van der Waals surface area contributed by atoms with E-state index < -0.39 is 0 Å². The molecule has 0 bridgehead atoms. The molecule has 1 saturated heterocycles. The molecule has 0 atom stereocenters.